The Balaban J connectivity index is 1.92. The molecule has 1 heterocycles. The molecule has 27 heavy (non-hydrogen) atoms. The van der Waals surface area contributed by atoms with Crippen LogP contribution in [0, 0.1) is 6.92 Å². The summed E-state index contributed by atoms with van der Waals surface area (Å²) in [4.78, 5) is 7.12. The van der Waals surface area contributed by atoms with Gasteiger partial charge in [-0.1, -0.05) is 30.3 Å². The van der Waals surface area contributed by atoms with Crippen molar-refractivity contribution < 1.29 is 15.0 Å². The average Bonchev–Trinajstić information content (AvgIpc) is 2.67. The van der Waals surface area contributed by atoms with Gasteiger partial charge in [-0.25, -0.2) is 4.98 Å². The van der Waals surface area contributed by atoms with Gasteiger partial charge in [-0.3, -0.25) is 0 Å². The van der Waals surface area contributed by atoms with E-state index in [2.05, 4.69) is 73.2 Å². The molecule has 3 aromatic rings. The van der Waals surface area contributed by atoms with E-state index < -0.39 is 0 Å². The highest BCUT2D eigenvalue weighted by atomic mass is 16.3. The molecule has 1 unspecified atom stereocenters. The standard InChI is InChI=1S/C23H29N3O/c1-5-26(6-2)19-12-13-22-20(14-19)23(27)21(17(3)24-22)16-25(4)15-18-10-8-7-9-11-18/h7-14H,5-6,15-16H2,1-4H3,(H,24,27)/p+2. The van der Waals surface area contributed by atoms with Crippen molar-refractivity contribution in [3.8, 4) is 5.75 Å². The monoisotopic (exact) mass is 365 g/mol. The van der Waals surface area contributed by atoms with Gasteiger partial charge in [0.05, 0.1) is 12.4 Å². The third-order valence-corrected chi connectivity index (χ3v) is 5.27. The number of aromatic hydroxyl groups is 1. The Labute approximate surface area is 162 Å². The molecule has 4 heteroatoms. The first-order chi connectivity index (χ1) is 13.0. The first-order valence-electron chi connectivity index (χ1n) is 9.81. The maximum absolute atomic E-state index is 11.0. The highest BCUT2D eigenvalue weighted by Gasteiger charge is 2.21. The summed E-state index contributed by atoms with van der Waals surface area (Å²) in [6, 6.07) is 16.8. The first kappa shape index (κ1) is 19.2. The van der Waals surface area contributed by atoms with E-state index in [1.54, 1.807) is 0 Å². The number of rotatable bonds is 7. The van der Waals surface area contributed by atoms with Crippen LogP contribution in [0.25, 0.3) is 10.9 Å². The van der Waals surface area contributed by atoms with Crippen molar-refractivity contribution in [3.05, 3.63) is 65.4 Å². The highest BCUT2D eigenvalue weighted by molar-refractivity contribution is 5.87. The molecule has 0 aliphatic heterocycles. The molecule has 0 radical (unpaired) electrons. The molecule has 0 aliphatic carbocycles. The zero-order valence-electron chi connectivity index (χ0n) is 16.8. The first-order valence-corrected chi connectivity index (χ1v) is 9.81. The number of nitrogens with zero attached hydrogens (tertiary/aromatic N) is 1. The fraction of sp³-hybridized carbons (Fsp3) is 0.348. The molecule has 142 valence electrons. The molecule has 0 aliphatic rings. The summed E-state index contributed by atoms with van der Waals surface area (Å²) in [5.74, 6) is 0.405. The van der Waals surface area contributed by atoms with Gasteiger partial charge in [0.25, 0.3) is 0 Å². The number of H-pyrrole nitrogens is 1. The number of fused-ring (bicyclic) bond motifs is 1. The lowest BCUT2D eigenvalue weighted by atomic mass is 10.1. The zero-order valence-corrected chi connectivity index (χ0v) is 16.8. The topological polar surface area (TPSA) is 42.1 Å². The van der Waals surface area contributed by atoms with Crippen LogP contribution in [0.2, 0.25) is 0 Å². The molecule has 0 fully saturated rings. The number of pyridine rings is 1. The maximum Gasteiger partial charge on any atom is 0.214 e. The van der Waals surface area contributed by atoms with E-state index >= 15 is 0 Å². The number of anilines is 1. The zero-order chi connectivity index (χ0) is 19.4. The third kappa shape index (κ3) is 4.22. The molecule has 3 N–H and O–H groups in total. The van der Waals surface area contributed by atoms with Gasteiger partial charge in [0.15, 0.2) is 5.69 Å². The fourth-order valence-corrected chi connectivity index (χ4v) is 3.77. The van der Waals surface area contributed by atoms with Crippen LogP contribution in [0.5, 0.6) is 5.75 Å². The number of nitrogens with one attached hydrogen (secondary N) is 2. The summed E-state index contributed by atoms with van der Waals surface area (Å²) >= 11 is 0. The molecule has 4 nitrogen and oxygen atoms in total. The lowest BCUT2D eigenvalue weighted by molar-refractivity contribution is -0.907. The van der Waals surface area contributed by atoms with Crippen molar-refractivity contribution in [1.82, 2.24) is 0 Å². The fourth-order valence-electron chi connectivity index (χ4n) is 3.77. The van der Waals surface area contributed by atoms with Gasteiger partial charge in [0, 0.05) is 37.3 Å². The minimum absolute atomic E-state index is 0.405. The predicted octanol–water partition coefficient (Wildman–Crippen LogP) is 2.73. The highest BCUT2D eigenvalue weighted by Crippen LogP contribution is 2.30. The number of quaternary nitrogens is 1. The number of hydrogen-bond acceptors (Lipinski definition) is 2. The van der Waals surface area contributed by atoms with Gasteiger partial charge in [-0.05, 0) is 26.0 Å². The van der Waals surface area contributed by atoms with Crippen molar-refractivity contribution in [2.45, 2.75) is 33.9 Å². The Morgan fingerprint density at radius 2 is 1.70 bits per heavy atom. The molecule has 3 rings (SSSR count). The van der Waals surface area contributed by atoms with Crippen LogP contribution >= 0.6 is 0 Å². The summed E-state index contributed by atoms with van der Waals surface area (Å²) < 4.78 is 0. The van der Waals surface area contributed by atoms with Gasteiger partial charge in [-0.2, -0.15) is 0 Å². The van der Waals surface area contributed by atoms with Gasteiger partial charge in [-0.15, -0.1) is 0 Å². The van der Waals surface area contributed by atoms with Gasteiger partial charge >= 0.3 is 0 Å². The third-order valence-electron chi connectivity index (χ3n) is 5.27. The van der Waals surface area contributed by atoms with Crippen molar-refractivity contribution in [2.24, 2.45) is 0 Å². The Morgan fingerprint density at radius 1 is 1.00 bits per heavy atom. The smallest absolute Gasteiger partial charge is 0.214 e. The van der Waals surface area contributed by atoms with Gasteiger partial charge in [0.1, 0.15) is 24.4 Å². The van der Waals surface area contributed by atoms with Crippen molar-refractivity contribution in [1.29, 1.82) is 0 Å². The Kier molecular flexibility index (Phi) is 5.97. The number of benzene rings is 2. The Bertz CT molecular complexity index is 904. The normalized spacial score (nSPS) is 12.3. The van der Waals surface area contributed by atoms with E-state index in [0.717, 1.165) is 54.0 Å². The molecule has 0 amide bonds. The van der Waals surface area contributed by atoms with Crippen molar-refractivity contribution >= 4 is 16.6 Å². The molecule has 0 saturated carbocycles. The van der Waals surface area contributed by atoms with E-state index in [1.807, 2.05) is 13.0 Å². The van der Waals surface area contributed by atoms with E-state index in [0.29, 0.717) is 5.75 Å². The van der Waals surface area contributed by atoms with Crippen LogP contribution in [0.1, 0.15) is 30.7 Å². The second-order valence-electron chi connectivity index (χ2n) is 7.28. The minimum atomic E-state index is 0.405. The summed E-state index contributed by atoms with van der Waals surface area (Å²) in [6.07, 6.45) is 0. The molecule has 0 bridgehead atoms. The number of aromatic amines is 1. The molecule has 1 aromatic heterocycles. The summed E-state index contributed by atoms with van der Waals surface area (Å²) in [5.41, 5.74) is 5.46. The largest absolute Gasteiger partial charge is 0.506 e. The van der Waals surface area contributed by atoms with E-state index in [9.17, 15) is 5.11 Å². The lowest BCUT2D eigenvalue weighted by Gasteiger charge is -2.21. The van der Waals surface area contributed by atoms with Crippen LogP contribution in [-0.4, -0.2) is 25.2 Å². The summed E-state index contributed by atoms with van der Waals surface area (Å²) in [7, 11) is 2.17. The van der Waals surface area contributed by atoms with E-state index in [1.165, 1.54) is 10.5 Å². The quantitative estimate of drug-likeness (QED) is 0.676. The summed E-state index contributed by atoms with van der Waals surface area (Å²) in [6.45, 7) is 9.96. The van der Waals surface area contributed by atoms with Gasteiger partial charge in [0.2, 0.25) is 5.52 Å². The van der Waals surface area contributed by atoms with Gasteiger partial charge < -0.3 is 14.9 Å². The number of aryl methyl sites for hydroxylation is 1. The number of aromatic nitrogens is 1. The van der Waals surface area contributed by atoms with Crippen LogP contribution in [0.3, 0.4) is 0 Å². The Hall–Kier alpha value is -2.59. The SMILES string of the molecule is CCN(CC)c1ccc2[nH+]c(C)c(C[NH+](C)Cc3ccccc3)c(O)c2c1. The van der Waals surface area contributed by atoms with E-state index in [-0.39, 0.29) is 0 Å². The minimum Gasteiger partial charge on any atom is -0.506 e. The summed E-state index contributed by atoms with van der Waals surface area (Å²) in [5, 5.41) is 11.9. The average molecular weight is 366 g/mol. The second kappa shape index (κ2) is 8.40. The Morgan fingerprint density at radius 3 is 2.37 bits per heavy atom. The lowest BCUT2D eigenvalue weighted by Crippen LogP contribution is -3.06. The predicted molar refractivity (Wildman–Crippen MR) is 111 cm³/mol. The van der Waals surface area contributed by atoms with E-state index in [4.69, 9.17) is 0 Å². The van der Waals surface area contributed by atoms with Crippen LogP contribution < -0.4 is 14.8 Å². The van der Waals surface area contributed by atoms with Crippen LogP contribution in [0.15, 0.2) is 48.5 Å². The second-order valence-corrected chi connectivity index (χ2v) is 7.28. The van der Waals surface area contributed by atoms with Crippen molar-refractivity contribution in [2.75, 3.05) is 25.0 Å². The van der Waals surface area contributed by atoms with Crippen molar-refractivity contribution in [3.63, 3.8) is 0 Å². The maximum atomic E-state index is 11.0. The molecular weight excluding hydrogens is 334 g/mol. The van der Waals surface area contributed by atoms with Crippen LogP contribution in [0.4, 0.5) is 5.69 Å². The molecule has 0 saturated heterocycles. The molecule has 2 aromatic carbocycles. The van der Waals surface area contributed by atoms with Crippen LogP contribution in [-0.2, 0) is 13.1 Å². The molecule has 0 spiro atoms. The molecule has 1 atom stereocenters. The number of hydrogen-bond donors (Lipinski definition) is 2. The molecular formula is C23H31N3O+2.